The SMILES string of the molecule is [CH2]C(N1CCCCC1)C(C)(C)C. The Hall–Kier alpha value is -0.0400. The van der Waals surface area contributed by atoms with E-state index in [0.717, 1.165) is 0 Å². The summed E-state index contributed by atoms with van der Waals surface area (Å²) in [7, 11) is 0. The van der Waals surface area contributed by atoms with Crippen LogP contribution < -0.4 is 0 Å². The van der Waals surface area contributed by atoms with Crippen LogP contribution in [0.3, 0.4) is 0 Å². The van der Waals surface area contributed by atoms with Gasteiger partial charge in [-0.05, 0) is 38.3 Å². The summed E-state index contributed by atoms with van der Waals surface area (Å²) >= 11 is 0. The first-order chi connectivity index (χ1) is 5.52. The van der Waals surface area contributed by atoms with E-state index in [9.17, 15) is 0 Å². The van der Waals surface area contributed by atoms with Crippen molar-refractivity contribution in [3.05, 3.63) is 6.92 Å². The second kappa shape index (κ2) is 3.78. The first-order valence-electron chi connectivity index (χ1n) is 5.09. The lowest BCUT2D eigenvalue weighted by molar-refractivity contribution is 0.111. The Balaban J connectivity index is 2.45. The number of likely N-dealkylation sites (tertiary alicyclic amines) is 1. The molecule has 1 radical (unpaired) electrons. The van der Waals surface area contributed by atoms with Crippen LogP contribution in [0.2, 0.25) is 0 Å². The molecule has 0 amide bonds. The third kappa shape index (κ3) is 2.48. The summed E-state index contributed by atoms with van der Waals surface area (Å²) in [6.45, 7) is 13.6. The highest BCUT2D eigenvalue weighted by molar-refractivity contribution is 4.86. The quantitative estimate of drug-likeness (QED) is 0.582. The molecule has 0 spiro atoms. The van der Waals surface area contributed by atoms with Gasteiger partial charge >= 0.3 is 0 Å². The van der Waals surface area contributed by atoms with Crippen LogP contribution in [0.4, 0.5) is 0 Å². The summed E-state index contributed by atoms with van der Waals surface area (Å²) in [5, 5.41) is 0. The highest BCUT2D eigenvalue weighted by Crippen LogP contribution is 2.25. The number of nitrogens with zero attached hydrogens (tertiary/aromatic N) is 1. The summed E-state index contributed by atoms with van der Waals surface area (Å²) in [5.41, 5.74) is 0.331. The second-order valence-electron chi connectivity index (χ2n) is 4.98. The summed E-state index contributed by atoms with van der Waals surface area (Å²) in [6.07, 6.45) is 4.14. The van der Waals surface area contributed by atoms with Gasteiger partial charge in [0.05, 0.1) is 0 Å². The molecule has 1 aliphatic rings. The largest absolute Gasteiger partial charge is 0.300 e. The first kappa shape index (κ1) is 10.0. The van der Waals surface area contributed by atoms with Crippen molar-refractivity contribution in [3.8, 4) is 0 Å². The van der Waals surface area contributed by atoms with Gasteiger partial charge in [-0.2, -0.15) is 0 Å². The van der Waals surface area contributed by atoms with Crippen molar-refractivity contribution in [2.75, 3.05) is 13.1 Å². The number of hydrogen-bond acceptors (Lipinski definition) is 1. The molecular formula is C11H22N. The molecule has 0 aromatic carbocycles. The minimum Gasteiger partial charge on any atom is -0.300 e. The standard InChI is InChI=1S/C11H22N/c1-10(11(2,3)4)12-8-6-5-7-9-12/h10H,1,5-9H2,2-4H3. The van der Waals surface area contributed by atoms with E-state index in [4.69, 9.17) is 0 Å². The Bertz CT molecular complexity index is 128. The van der Waals surface area contributed by atoms with Gasteiger partial charge in [-0.3, -0.25) is 4.90 Å². The second-order valence-corrected chi connectivity index (χ2v) is 4.98. The van der Waals surface area contributed by atoms with Gasteiger partial charge in [-0.25, -0.2) is 0 Å². The molecule has 1 rings (SSSR count). The molecule has 12 heavy (non-hydrogen) atoms. The molecule has 1 atom stereocenters. The van der Waals surface area contributed by atoms with Crippen LogP contribution in [0, 0.1) is 12.3 Å². The van der Waals surface area contributed by atoms with Crippen LogP contribution in [0.25, 0.3) is 0 Å². The fourth-order valence-corrected chi connectivity index (χ4v) is 1.78. The minimum absolute atomic E-state index is 0.331. The minimum atomic E-state index is 0.331. The average molecular weight is 168 g/mol. The number of piperidine rings is 1. The van der Waals surface area contributed by atoms with E-state index in [1.165, 1.54) is 32.4 Å². The Morgan fingerprint density at radius 3 is 2.00 bits per heavy atom. The molecule has 71 valence electrons. The first-order valence-corrected chi connectivity index (χ1v) is 5.09. The lowest BCUT2D eigenvalue weighted by atomic mass is 9.86. The molecule has 1 nitrogen and oxygen atoms in total. The topological polar surface area (TPSA) is 3.24 Å². The fourth-order valence-electron chi connectivity index (χ4n) is 1.78. The predicted molar refractivity (Wildman–Crippen MR) is 54.0 cm³/mol. The van der Waals surface area contributed by atoms with Gasteiger partial charge in [0.2, 0.25) is 0 Å². The molecule has 1 saturated heterocycles. The lowest BCUT2D eigenvalue weighted by Crippen LogP contribution is -2.44. The van der Waals surface area contributed by atoms with E-state index >= 15 is 0 Å². The molecule has 1 aliphatic heterocycles. The summed E-state index contributed by atoms with van der Waals surface area (Å²) in [4.78, 5) is 2.53. The van der Waals surface area contributed by atoms with Crippen molar-refractivity contribution in [2.45, 2.75) is 46.1 Å². The smallest absolute Gasteiger partial charge is 0.0144 e. The van der Waals surface area contributed by atoms with Gasteiger partial charge in [0.25, 0.3) is 0 Å². The van der Waals surface area contributed by atoms with Crippen molar-refractivity contribution >= 4 is 0 Å². The molecule has 1 heterocycles. The number of rotatable bonds is 1. The molecule has 0 saturated carbocycles. The van der Waals surface area contributed by atoms with E-state index in [1.807, 2.05) is 0 Å². The zero-order valence-electron chi connectivity index (χ0n) is 8.77. The molecule has 0 N–H and O–H groups in total. The normalized spacial score (nSPS) is 24.0. The third-order valence-corrected chi connectivity index (χ3v) is 2.83. The van der Waals surface area contributed by atoms with E-state index in [2.05, 4.69) is 32.6 Å². The predicted octanol–water partition coefficient (Wildman–Crippen LogP) is 2.72. The van der Waals surface area contributed by atoms with Crippen molar-refractivity contribution < 1.29 is 0 Å². The van der Waals surface area contributed by atoms with Crippen LogP contribution >= 0.6 is 0 Å². The molecule has 0 aromatic rings. The summed E-state index contributed by atoms with van der Waals surface area (Å²) in [5.74, 6) is 0. The molecular weight excluding hydrogens is 146 g/mol. The van der Waals surface area contributed by atoms with E-state index in [1.54, 1.807) is 0 Å². The maximum absolute atomic E-state index is 4.26. The van der Waals surface area contributed by atoms with E-state index in [-0.39, 0.29) is 0 Å². The van der Waals surface area contributed by atoms with Crippen LogP contribution in [-0.4, -0.2) is 24.0 Å². The third-order valence-electron chi connectivity index (χ3n) is 2.83. The summed E-state index contributed by atoms with van der Waals surface area (Å²) in [6, 6.07) is 0.484. The molecule has 0 aromatic heterocycles. The molecule has 1 unspecified atom stereocenters. The van der Waals surface area contributed by atoms with Crippen molar-refractivity contribution in [1.82, 2.24) is 4.90 Å². The van der Waals surface area contributed by atoms with Gasteiger partial charge < -0.3 is 0 Å². The zero-order valence-corrected chi connectivity index (χ0v) is 8.77. The monoisotopic (exact) mass is 168 g/mol. The van der Waals surface area contributed by atoms with Gasteiger partial charge in [0, 0.05) is 6.04 Å². The fraction of sp³-hybridized carbons (Fsp3) is 0.909. The highest BCUT2D eigenvalue weighted by atomic mass is 15.2. The van der Waals surface area contributed by atoms with Gasteiger partial charge in [0.15, 0.2) is 0 Å². The van der Waals surface area contributed by atoms with E-state index < -0.39 is 0 Å². The molecule has 0 bridgehead atoms. The van der Waals surface area contributed by atoms with Crippen molar-refractivity contribution in [3.63, 3.8) is 0 Å². The maximum atomic E-state index is 4.26. The van der Waals surface area contributed by atoms with Gasteiger partial charge in [0.1, 0.15) is 0 Å². The summed E-state index contributed by atoms with van der Waals surface area (Å²) < 4.78 is 0. The van der Waals surface area contributed by atoms with E-state index in [0.29, 0.717) is 11.5 Å². The highest BCUT2D eigenvalue weighted by Gasteiger charge is 2.26. The molecule has 1 fully saturated rings. The van der Waals surface area contributed by atoms with Gasteiger partial charge in [-0.1, -0.05) is 27.2 Å². The number of hydrogen-bond donors (Lipinski definition) is 0. The maximum Gasteiger partial charge on any atom is 0.0144 e. The van der Waals surface area contributed by atoms with Crippen LogP contribution in [0.5, 0.6) is 0 Å². The zero-order chi connectivity index (χ0) is 9.19. The molecule has 0 aliphatic carbocycles. The molecule has 1 heteroatoms. The Kier molecular flexibility index (Phi) is 3.16. The lowest BCUT2D eigenvalue weighted by Gasteiger charge is -2.39. The Morgan fingerprint density at radius 1 is 1.08 bits per heavy atom. The van der Waals surface area contributed by atoms with Gasteiger partial charge in [-0.15, -0.1) is 0 Å². The van der Waals surface area contributed by atoms with Crippen molar-refractivity contribution in [1.29, 1.82) is 0 Å². The van der Waals surface area contributed by atoms with Crippen molar-refractivity contribution in [2.24, 2.45) is 5.41 Å². The van der Waals surface area contributed by atoms with Crippen LogP contribution in [-0.2, 0) is 0 Å². The Morgan fingerprint density at radius 2 is 1.58 bits per heavy atom. The average Bonchev–Trinajstić information content (AvgIpc) is 2.03. The Labute approximate surface area is 77.1 Å². The van der Waals surface area contributed by atoms with Crippen LogP contribution in [0.15, 0.2) is 0 Å². The van der Waals surface area contributed by atoms with Crippen LogP contribution in [0.1, 0.15) is 40.0 Å².